The summed E-state index contributed by atoms with van der Waals surface area (Å²) < 4.78 is 35.7. The van der Waals surface area contributed by atoms with Crippen LogP contribution in [0.4, 0.5) is 14.5 Å². The van der Waals surface area contributed by atoms with Crippen molar-refractivity contribution in [1.82, 2.24) is 29.8 Å². The molecule has 1 N–H and O–H groups in total. The van der Waals surface area contributed by atoms with Crippen molar-refractivity contribution in [1.29, 1.82) is 0 Å². The molecule has 0 spiro atoms. The Morgan fingerprint density at radius 3 is 2.67 bits per heavy atom. The first kappa shape index (κ1) is 28.7. The van der Waals surface area contributed by atoms with Crippen LogP contribution in [0.2, 0.25) is 10.2 Å². The fourth-order valence-electron chi connectivity index (χ4n) is 5.25. The Labute approximate surface area is 253 Å². The number of hydrogen-bond donors (Lipinski definition) is 1. The zero-order valence-corrected chi connectivity index (χ0v) is 24.1. The van der Waals surface area contributed by atoms with Gasteiger partial charge in [-0.3, -0.25) is 9.78 Å². The molecule has 2 bridgehead atoms. The van der Waals surface area contributed by atoms with E-state index in [2.05, 4.69) is 25.7 Å². The van der Waals surface area contributed by atoms with Gasteiger partial charge < -0.3 is 9.73 Å². The first-order valence-corrected chi connectivity index (χ1v) is 14.1. The van der Waals surface area contributed by atoms with E-state index in [4.69, 9.17) is 27.6 Å². The normalized spacial score (nSPS) is 17.2. The summed E-state index contributed by atoms with van der Waals surface area (Å²) >= 11 is 12.2. The van der Waals surface area contributed by atoms with E-state index in [9.17, 15) is 18.4 Å². The number of benzene rings is 1. The van der Waals surface area contributed by atoms with Crippen LogP contribution < -0.4 is 10.9 Å². The number of fused-ring (bicyclic) bond motifs is 4. The van der Waals surface area contributed by atoms with Gasteiger partial charge >= 0.3 is 12.2 Å². The lowest BCUT2D eigenvalue weighted by atomic mass is 9.88. The summed E-state index contributed by atoms with van der Waals surface area (Å²) in [5.74, 6) is -1.03. The number of aromatic nitrogens is 6. The van der Waals surface area contributed by atoms with E-state index in [1.807, 2.05) is 0 Å². The summed E-state index contributed by atoms with van der Waals surface area (Å²) in [6.45, 7) is -1.18. The average molecular weight is 626 g/mol. The molecule has 4 aromatic heterocycles. The fraction of sp³-hybridized carbons (Fsp3) is 0.241. The van der Waals surface area contributed by atoms with Crippen molar-refractivity contribution < 1.29 is 18.0 Å². The summed E-state index contributed by atoms with van der Waals surface area (Å²) in [5, 5.41) is 15.0. The van der Waals surface area contributed by atoms with Crippen molar-refractivity contribution in [3.63, 3.8) is 0 Å². The summed E-state index contributed by atoms with van der Waals surface area (Å²) in [4.78, 5) is 31.0. The number of halogens is 4. The van der Waals surface area contributed by atoms with Gasteiger partial charge in [0.1, 0.15) is 5.76 Å². The third kappa shape index (κ3) is 5.67. The summed E-state index contributed by atoms with van der Waals surface area (Å²) in [7, 11) is 0. The van der Waals surface area contributed by atoms with Crippen LogP contribution >= 0.6 is 23.2 Å². The van der Waals surface area contributed by atoms with E-state index in [1.54, 1.807) is 49.4 Å². The predicted octanol–water partition coefficient (Wildman–Crippen LogP) is 6.74. The van der Waals surface area contributed by atoms with Crippen molar-refractivity contribution in [2.45, 2.75) is 38.7 Å². The Hall–Kier alpha value is -4.42. The molecule has 220 valence electrons. The number of nitrogens with one attached hydrogen (secondary N) is 1. The maximum absolute atomic E-state index is 13.9. The zero-order chi connectivity index (χ0) is 30.2. The highest BCUT2D eigenvalue weighted by Gasteiger charge is 2.27. The molecule has 1 aromatic carbocycles. The minimum absolute atomic E-state index is 0.0441. The average Bonchev–Trinajstić information content (AvgIpc) is 3.61. The Balaban J connectivity index is 1.45. The van der Waals surface area contributed by atoms with Crippen molar-refractivity contribution >= 4 is 34.8 Å². The summed E-state index contributed by atoms with van der Waals surface area (Å²) in [5.41, 5.74) is 1.83. The van der Waals surface area contributed by atoms with E-state index < -0.39 is 24.0 Å². The lowest BCUT2D eigenvalue weighted by Crippen LogP contribution is -2.22. The highest BCUT2D eigenvalue weighted by Crippen LogP contribution is 2.37. The molecule has 0 fully saturated rings. The molecule has 0 saturated carbocycles. The molecule has 2 atom stereocenters. The predicted molar refractivity (Wildman–Crippen MR) is 156 cm³/mol. The molecule has 1 amide bonds. The van der Waals surface area contributed by atoms with Crippen LogP contribution in [0.1, 0.15) is 49.9 Å². The van der Waals surface area contributed by atoms with Gasteiger partial charge in [0.2, 0.25) is 5.91 Å². The van der Waals surface area contributed by atoms with Gasteiger partial charge in [-0.05, 0) is 55.3 Å². The van der Waals surface area contributed by atoms with Gasteiger partial charge in [0.05, 0.1) is 29.5 Å². The molecular weight excluding hydrogens is 603 g/mol. The van der Waals surface area contributed by atoms with Gasteiger partial charge in [-0.1, -0.05) is 41.8 Å². The minimum Gasteiger partial charge on any atom is -0.422 e. The second-order valence-electron chi connectivity index (χ2n) is 10.2. The second-order valence-corrected chi connectivity index (χ2v) is 11.0. The second kappa shape index (κ2) is 11.7. The van der Waals surface area contributed by atoms with Gasteiger partial charge in [0.25, 0.3) is 0 Å². The largest absolute Gasteiger partial charge is 0.422 e. The highest BCUT2D eigenvalue weighted by molar-refractivity contribution is 6.31. The smallest absolute Gasteiger partial charge is 0.340 e. The van der Waals surface area contributed by atoms with Crippen LogP contribution in [-0.4, -0.2) is 35.7 Å². The van der Waals surface area contributed by atoms with Crippen LogP contribution in [0.5, 0.6) is 0 Å². The van der Waals surface area contributed by atoms with Crippen LogP contribution in [0.15, 0.2) is 70.3 Å². The SMILES string of the molecule is C[C@H]1CCC[C@H](c2ccc(-c3cc(Cl)ccc3-n3cc(Cl)nn3)oc2=O)c2cc(ccn2)-c2c(cnn2C(F)F)NC1=O. The first-order valence-electron chi connectivity index (χ1n) is 13.3. The molecule has 0 unspecified atom stereocenters. The van der Waals surface area contributed by atoms with Gasteiger partial charge in [0.15, 0.2) is 5.15 Å². The van der Waals surface area contributed by atoms with E-state index >= 15 is 0 Å². The lowest BCUT2D eigenvalue weighted by Gasteiger charge is -2.20. The number of amides is 1. The van der Waals surface area contributed by atoms with Crippen molar-refractivity contribution in [2.75, 3.05) is 5.32 Å². The monoisotopic (exact) mass is 625 g/mol. The number of anilines is 1. The topological polar surface area (TPSA) is 121 Å². The number of hydrogen-bond acceptors (Lipinski definition) is 7. The molecule has 0 saturated heterocycles. The van der Waals surface area contributed by atoms with Crippen LogP contribution in [0.3, 0.4) is 0 Å². The molecule has 0 aliphatic carbocycles. The molecule has 43 heavy (non-hydrogen) atoms. The molecule has 5 heterocycles. The number of alkyl halides is 2. The molecule has 0 radical (unpaired) electrons. The fourth-order valence-corrected chi connectivity index (χ4v) is 5.55. The number of carbonyl (C=O) groups excluding carboxylic acids is 1. The van der Waals surface area contributed by atoms with E-state index in [-0.39, 0.29) is 28.2 Å². The molecule has 1 aliphatic heterocycles. The number of rotatable bonds is 4. The van der Waals surface area contributed by atoms with Gasteiger partial charge in [-0.25, -0.2) is 14.2 Å². The summed E-state index contributed by atoms with van der Waals surface area (Å²) in [6.07, 6.45) is 5.74. The van der Waals surface area contributed by atoms with Crippen molar-refractivity contribution in [3.05, 3.63) is 92.9 Å². The number of carbonyl (C=O) groups is 1. The third-order valence-corrected chi connectivity index (χ3v) is 7.80. The van der Waals surface area contributed by atoms with Gasteiger partial charge in [0, 0.05) is 45.4 Å². The van der Waals surface area contributed by atoms with E-state index in [0.717, 1.165) is 0 Å². The van der Waals surface area contributed by atoms with Crippen LogP contribution in [0.25, 0.3) is 28.3 Å². The van der Waals surface area contributed by atoms with Gasteiger partial charge in [-0.2, -0.15) is 13.9 Å². The minimum atomic E-state index is -2.94. The maximum atomic E-state index is 13.9. The van der Waals surface area contributed by atoms with E-state index in [0.29, 0.717) is 57.0 Å². The molecular formula is C29H23Cl2F2N7O3. The number of nitrogens with zero attached hydrogens (tertiary/aromatic N) is 6. The molecule has 14 heteroatoms. The third-order valence-electron chi connectivity index (χ3n) is 7.39. The first-order chi connectivity index (χ1) is 20.7. The Bertz CT molecular complexity index is 1890. The number of pyridine rings is 1. The lowest BCUT2D eigenvalue weighted by molar-refractivity contribution is -0.119. The summed E-state index contributed by atoms with van der Waals surface area (Å²) in [6, 6.07) is 11.5. The Kier molecular flexibility index (Phi) is 7.80. The van der Waals surface area contributed by atoms with Gasteiger partial charge in [-0.15, -0.1) is 5.10 Å². The Morgan fingerprint density at radius 2 is 1.93 bits per heavy atom. The van der Waals surface area contributed by atoms with E-state index in [1.165, 1.54) is 23.3 Å². The van der Waals surface area contributed by atoms with Crippen molar-refractivity contribution in [3.8, 4) is 28.3 Å². The maximum Gasteiger partial charge on any atom is 0.340 e. The molecule has 1 aliphatic rings. The molecule has 10 nitrogen and oxygen atoms in total. The molecule has 5 aromatic rings. The zero-order valence-electron chi connectivity index (χ0n) is 22.5. The van der Waals surface area contributed by atoms with Crippen LogP contribution in [-0.2, 0) is 4.79 Å². The quantitative estimate of drug-likeness (QED) is 0.235. The van der Waals surface area contributed by atoms with Crippen LogP contribution in [0, 0.1) is 5.92 Å². The Morgan fingerprint density at radius 1 is 1.09 bits per heavy atom. The highest BCUT2D eigenvalue weighted by atomic mass is 35.5. The molecule has 6 rings (SSSR count). The standard InChI is InChI=1S/C29H23Cl2F2N7O3/c1-15-3-2-4-18(21-11-16(9-10-34-21)26-22(36-27(15)41)13-35-40(26)29(32)33)19-6-8-24(43-28(19)42)20-12-17(30)5-7-23(20)39-14-25(31)37-38-39/h5-15,18,29H,2-4H2,1H3,(H,36,41)/t15-,18+/m0/s1. The van der Waals surface area contributed by atoms with Crippen molar-refractivity contribution in [2.24, 2.45) is 5.92 Å².